The smallest absolute Gasteiger partial charge is 0.318 e. The first-order chi connectivity index (χ1) is 7.00. The quantitative estimate of drug-likeness (QED) is 0.470. The highest BCUT2D eigenvalue weighted by Gasteiger charge is 2.01. The van der Waals surface area contributed by atoms with Crippen molar-refractivity contribution >= 4 is 27.6 Å². The third kappa shape index (κ3) is 3.47. The van der Waals surface area contributed by atoms with Gasteiger partial charge in [0.05, 0.1) is 5.71 Å². The summed E-state index contributed by atoms with van der Waals surface area (Å²) in [4.78, 5) is 15.1. The molecule has 0 atom stereocenters. The molecule has 0 unspecified atom stereocenters. The van der Waals surface area contributed by atoms with Crippen molar-refractivity contribution < 1.29 is 9.63 Å². The van der Waals surface area contributed by atoms with Crippen LogP contribution < -0.4 is 0 Å². The van der Waals surface area contributed by atoms with Crippen LogP contribution in [0, 0.1) is 6.92 Å². The summed E-state index contributed by atoms with van der Waals surface area (Å²) < 4.78 is 1.01. The first-order valence-corrected chi connectivity index (χ1v) is 5.28. The van der Waals surface area contributed by atoms with Crippen LogP contribution in [-0.2, 0) is 9.63 Å². The number of benzene rings is 1. The zero-order valence-corrected chi connectivity index (χ0v) is 10.5. The summed E-state index contributed by atoms with van der Waals surface area (Å²) in [5.74, 6) is -0.416. The van der Waals surface area contributed by atoms with Crippen LogP contribution in [0.3, 0.4) is 0 Å². The maximum atomic E-state index is 10.6. The molecule has 0 fully saturated rings. The molecule has 0 bridgehead atoms. The van der Waals surface area contributed by atoms with Crippen LogP contribution in [-0.4, -0.2) is 11.7 Å². The molecule has 0 saturated carbocycles. The summed E-state index contributed by atoms with van der Waals surface area (Å²) in [5, 5.41) is 3.71. The van der Waals surface area contributed by atoms with E-state index in [-0.39, 0.29) is 0 Å². The molecule has 0 N–H and O–H groups in total. The SMILES string of the molecule is CC(=O)O/N=C(\C)c1ccc(C)c(Br)c1. The average Bonchev–Trinajstić information content (AvgIpc) is 2.18. The van der Waals surface area contributed by atoms with Gasteiger partial charge in [-0.2, -0.15) is 0 Å². The number of rotatable bonds is 2. The maximum Gasteiger partial charge on any atom is 0.331 e. The Morgan fingerprint density at radius 1 is 1.40 bits per heavy atom. The molecule has 0 saturated heterocycles. The Morgan fingerprint density at radius 3 is 2.60 bits per heavy atom. The number of halogens is 1. The third-order valence-electron chi connectivity index (χ3n) is 1.90. The van der Waals surface area contributed by atoms with Crippen LogP contribution >= 0.6 is 15.9 Å². The number of hydrogen-bond acceptors (Lipinski definition) is 3. The van der Waals surface area contributed by atoms with Crippen LogP contribution in [0.15, 0.2) is 27.8 Å². The van der Waals surface area contributed by atoms with Gasteiger partial charge in [-0.15, -0.1) is 0 Å². The number of carbonyl (C=O) groups excluding carboxylic acids is 1. The average molecular weight is 270 g/mol. The minimum Gasteiger partial charge on any atom is -0.318 e. The second-order valence-electron chi connectivity index (χ2n) is 3.22. The lowest BCUT2D eigenvalue weighted by atomic mass is 10.1. The van der Waals surface area contributed by atoms with Crippen molar-refractivity contribution in [2.24, 2.45) is 5.16 Å². The molecule has 0 spiro atoms. The number of carbonyl (C=O) groups is 1. The van der Waals surface area contributed by atoms with E-state index >= 15 is 0 Å². The van der Waals surface area contributed by atoms with Crippen LogP contribution in [0.4, 0.5) is 0 Å². The molecular weight excluding hydrogens is 258 g/mol. The van der Waals surface area contributed by atoms with Crippen LogP contribution in [0.5, 0.6) is 0 Å². The van der Waals surface area contributed by atoms with E-state index in [9.17, 15) is 4.79 Å². The van der Waals surface area contributed by atoms with E-state index in [1.807, 2.05) is 25.1 Å². The zero-order chi connectivity index (χ0) is 11.4. The van der Waals surface area contributed by atoms with Gasteiger partial charge in [-0.25, -0.2) is 4.79 Å². The predicted molar refractivity (Wildman–Crippen MR) is 62.9 cm³/mol. The first kappa shape index (κ1) is 11.9. The van der Waals surface area contributed by atoms with Gasteiger partial charge in [0.2, 0.25) is 0 Å². The van der Waals surface area contributed by atoms with Gasteiger partial charge in [-0.05, 0) is 25.5 Å². The molecule has 0 aliphatic carbocycles. The summed E-state index contributed by atoms with van der Waals surface area (Å²) in [5.41, 5.74) is 2.75. The summed E-state index contributed by atoms with van der Waals surface area (Å²) in [6.45, 7) is 5.12. The highest BCUT2D eigenvalue weighted by molar-refractivity contribution is 9.10. The Bertz CT molecular complexity index is 413. The van der Waals surface area contributed by atoms with Crippen molar-refractivity contribution in [1.29, 1.82) is 0 Å². The zero-order valence-electron chi connectivity index (χ0n) is 8.87. The van der Waals surface area contributed by atoms with E-state index in [2.05, 4.69) is 25.9 Å². The molecule has 0 heterocycles. The molecule has 0 aromatic heterocycles. The Labute approximate surface area is 97.2 Å². The van der Waals surface area contributed by atoms with Gasteiger partial charge in [-0.3, -0.25) is 0 Å². The number of oxime groups is 1. The van der Waals surface area contributed by atoms with Gasteiger partial charge >= 0.3 is 5.97 Å². The monoisotopic (exact) mass is 269 g/mol. The van der Waals surface area contributed by atoms with Gasteiger partial charge in [0.25, 0.3) is 0 Å². The van der Waals surface area contributed by atoms with Gasteiger partial charge < -0.3 is 4.84 Å². The number of nitrogens with zero attached hydrogens (tertiary/aromatic N) is 1. The van der Waals surface area contributed by atoms with Crippen LogP contribution in [0.25, 0.3) is 0 Å². The third-order valence-corrected chi connectivity index (χ3v) is 2.76. The van der Waals surface area contributed by atoms with Crippen molar-refractivity contribution in [3.63, 3.8) is 0 Å². The van der Waals surface area contributed by atoms with Crippen molar-refractivity contribution in [3.8, 4) is 0 Å². The van der Waals surface area contributed by atoms with E-state index in [0.29, 0.717) is 5.71 Å². The van der Waals surface area contributed by atoms with Gasteiger partial charge in [0.15, 0.2) is 0 Å². The van der Waals surface area contributed by atoms with Gasteiger partial charge in [0, 0.05) is 17.0 Å². The van der Waals surface area contributed by atoms with Gasteiger partial charge in [0.1, 0.15) is 0 Å². The highest BCUT2D eigenvalue weighted by atomic mass is 79.9. The largest absolute Gasteiger partial charge is 0.331 e. The fraction of sp³-hybridized carbons (Fsp3) is 0.273. The minimum absolute atomic E-state index is 0.416. The summed E-state index contributed by atoms with van der Waals surface area (Å²) in [6, 6.07) is 5.85. The highest BCUT2D eigenvalue weighted by Crippen LogP contribution is 2.18. The fourth-order valence-electron chi connectivity index (χ4n) is 1.00. The van der Waals surface area contributed by atoms with Crippen LogP contribution in [0.2, 0.25) is 0 Å². The van der Waals surface area contributed by atoms with E-state index in [0.717, 1.165) is 15.6 Å². The van der Waals surface area contributed by atoms with Crippen molar-refractivity contribution in [3.05, 3.63) is 33.8 Å². The lowest BCUT2D eigenvalue weighted by Crippen LogP contribution is -1.99. The Morgan fingerprint density at radius 2 is 2.07 bits per heavy atom. The van der Waals surface area contributed by atoms with Crippen molar-refractivity contribution in [2.75, 3.05) is 0 Å². The number of aryl methyl sites for hydroxylation is 1. The topological polar surface area (TPSA) is 38.7 Å². The Hall–Kier alpha value is -1.16. The molecule has 0 amide bonds. The predicted octanol–water partition coefficient (Wildman–Crippen LogP) is 3.04. The minimum atomic E-state index is -0.416. The molecular formula is C11H12BrNO2. The van der Waals surface area contributed by atoms with E-state index in [1.54, 1.807) is 6.92 Å². The second kappa shape index (κ2) is 5.07. The Balaban J connectivity index is 2.91. The van der Waals surface area contributed by atoms with Crippen molar-refractivity contribution in [1.82, 2.24) is 0 Å². The molecule has 0 radical (unpaired) electrons. The lowest BCUT2D eigenvalue weighted by Gasteiger charge is -2.02. The number of hydrogen-bond donors (Lipinski definition) is 0. The first-order valence-electron chi connectivity index (χ1n) is 4.49. The normalized spacial score (nSPS) is 11.3. The second-order valence-corrected chi connectivity index (χ2v) is 4.08. The summed E-state index contributed by atoms with van der Waals surface area (Å²) in [6.07, 6.45) is 0. The van der Waals surface area contributed by atoms with Crippen molar-refractivity contribution in [2.45, 2.75) is 20.8 Å². The standard InChI is InChI=1S/C11H12BrNO2/c1-7-4-5-10(6-11(7)12)8(2)13-15-9(3)14/h4-6H,1-3H3/b13-8+. The fourth-order valence-corrected chi connectivity index (χ4v) is 1.38. The molecule has 0 aliphatic heterocycles. The molecule has 4 heteroatoms. The van der Waals surface area contributed by atoms with E-state index in [4.69, 9.17) is 0 Å². The molecule has 1 aromatic carbocycles. The molecule has 3 nitrogen and oxygen atoms in total. The molecule has 1 rings (SSSR count). The molecule has 0 aliphatic rings. The van der Waals surface area contributed by atoms with E-state index in [1.165, 1.54) is 6.92 Å². The molecule has 15 heavy (non-hydrogen) atoms. The molecule has 80 valence electrons. The van der Waals surface area contributed by atoms with Crippen LogP contribution in [0.1, 0.15) is 25.0 Å². The molecule has 1 aromatic rings. The lowest BCUT2D eigenvalue weighted by molar-refractivity contribution is -0.140. The summed E-state index contributed by atoms with van der Waals surface area (Å²) in [7, 11) is 0. The van der Waals surface area contributed by atoms with E-state index < -0.39 is 5.97 Å². The maximum absolute atomic E-state index is 10.6. The summed E-state index contributed by atoms with van der Waals surface area (Å²) >= 11 is 3.43. The van der Waals surface area contributed by atoms with Gasteiger partial charge in [-0.1, -0.05) is 33.2 Å². The Kier molecular flexibility index (Phi) is 4.03.